The quantitative estimate of drug-likeness (QED) is 0.863. The highest BCUT2D eigenvalue weighted by Crippen LogP contribution is 2.20. The summed E-state index contributed by atoms with van der Waals surface area (Å²) in [6.07, 6.45) is 0. The van der Waals surface area contributed by atoms with Gasteiger partial charge in [0.05, 0.1) is 0 Å². The van der Waals surface area contributed by atoms with E-state index in [0.717, 1.165) is 23.2 Å². The molecule has 94 valence electrons. The molecule has 2 aromatic carbocycles. The number of nitrogens with zero attached hydrogens (tertiary/aromatic N) is 1. The third-order valence-electron chi connectivity index (χ3n) is 2.90. The Bertz CT molecular complexity index is 508. The van der Waals surface area contributed by atoms with Crippen LogP contribution in [-0.4, -0.2) is 6.54 Å². The van der Waals surface area contributed by atoms with E-state index in [9.17, 15) is 0 Å². The largest absolute Gasteiger partial charge is 0.399 e. The molecule has 0 bridgehead atoms. The zero-order valence-corrected chi connectivity index (χ0v) is 12.0. The van der Waals surface area contributed by atoms with Crippen molar-refractivity contribution in [2.45, 2.75) is 13.5 Å². The van der Waals surface area contributed by atoms with Gasteiger partial charge in [0, 0.05) is 28.9 Å². The lowest BCUT2D eigenvalue weighted by molar-refractivity contribution is 0.832. The first-order valence-corrected chi connectivity index (χ1v) is 6.83. The minimum atomic E-state index is 0.807. The van der Waals surface area contributed by atoms with Gasteiger partial charge in [0.15, 0.2) is 0 Å². The second-order valence-electron chi connectivity index (χ2n) is 4.24. The number of halogens is 1. The summed E-state index contributed by atoms with van der Waals surface area (Å²) in [5.74, 6) is 0. The van der Waals surface area contributed by atoms with Crippen LogP contribution < -0.4 is 10.6 Å². The van der Waals surface area contributed by atoms with Crippen LogP contribution in [-0.2, 0) is 6.54 Å². The highest BCUT2D eigenvalue weighted by Gasteiger charge is 2.05. The van der Waals surface area contributed by atoms with Crippen molar-refractivity contribution in [3.8, 4) is 0 Å². The first-order valence-electron chi connectivity index (χ1n) is 6.04. The molecule has 0 spiro atoms. The van der Waals surface area contributed by atoms with E-state index < -0.39 is 0 Å². The molecule has 0 radical (unpaired) electrons. The van der Waals surface area contributed by atoms with Crippen molar-refractivity contribution in [3.63, 3.8) is 0 Å². The summed E-state index contributed by atoms with van der Waals surface area (Å²) in [6, 6.07) is 16.4. The van der Waals surface area contributed by atoms with E-state index in [1.807, 2.05) is 18.2 Å². The van der Waals surface area contributed by atoms with E-state index in [0.29, 0.717) is 0 Å². The third-order valence-corrected chi connectivity index (χ3v) is 3.43. The van der Waals surface area contributed by atoms with E-state index in [4.69, 9.17) is 5.73 Å². The minimum Gasteiger partial charge on any atom is -0.399 e. The number of benzene rings is 2. The fraction of sp³-hybridized carbons (Fsp3) is 0.200. The van der Waals surface area contributed by atoms with Crippen LogP contribution in [0.25, 0.3) is 0 Å². The third kappa shape index (κ3) is 3.26. The Balaban J connectivity index is 2.17. The van der Waals surface area contributed by atoms with Crippen molar-refractivity contribution < 1.29 is 0 Å². The highest BCUT2D eigenvalue weighted by molar-refractivity contribution is 9.10. The number of hydrogen-bond acceptors (Lipinski definition) is 2. The molecule has 0 aliphatic carbocycles. The number of nitrogen functional groups attached to an aromatic ring is 1. The van der Waals surface area contributed by atoms with Gasteiger partial charge in [-0.15, -0.1) is 0 Å². The van der Waals surface area contributed by atoms with E-state index in [1.54, 1.807) is 0 Å². The summed E-state index contributed by atoms with van der Waals surface area (Å²) in [6.45, 7) is 4.01. The van der Waals surface area contributed by atoms with Gasteiger partial charge in [0.2, 0.25) is 0 Å². The molecule has 0 amide bonds. The minimum absolute atomic E-state index is 0.807. The lowest BCUT2D eigenvalue weighted by Crippen LogP contribution is -2.21. The molecule has 0 unspecified atom stereocenters. The topological polar surface area (TPSA) is 29.3 Å². The predicted octanol–water partition coefficient (Wildman–Crippen LogP) is 4.06. The van der Waals surface area contributed by atoms with Crippen LogP contribution in [0.3, 0.4) is 0 Å². The average molecular weight is 305 g/mol. The van der Waals surface area contributed by atoms with Gasteiger partial charge in [-0.1, -0.05) is 34.1 Å². The highest BCUT2D eigenvalue weighted by atomic mass is 79.9. The van der Waals surface area contributed by atoms with Crippen LogP contribution in [0.2, 0.25) is 0 Å². The Morgan fingerprint density at radius 2 is 1.83 bits per heavy atom. The molecule has 0 atom stereocenters. The number of anilines is 2. The van der Waals surface area contributed by atoms with E-state index in [2.05, 4.69) is 58.1 Å². The maximum absolute atomic E-state index is 5.83. The maximum atomic E-state index is 5.83. The average Bonchev–Trinajstić information content (AvgIpc) is 2.38. The first-order chi connectivity index (χ1) is 8.69. The van der Waals surface area contributed by atoms with Crippen LogP contribution in [0.5, 0.6) is 0 Å². The van der Waals surface area contributed by atoms with E-state index in [1.165, 1.54) is 11.3 Å². The van der Waals surface area contributed by atoms with Crippen molar-refractivity contribution in [1.82, 2.24) is 0 Å². The second-order valence-corrected chi connectivity index (χ2v) is 5.15. The fourth-order valence-electron chi connectivity index (χ4n) is 1.92. The van der Waals surface area contributed by atoms with E-state index in [-0.39, 0.29) is 0 Å². The molecule has 0 heterocycles. The van der Waals surface area contributed by atoms with Crippen molar-refractivity contribution in [2.24, 2.45) is 0 Å². The second kappa shape index (κ2) is 5.91. The summed E-state index contributed by atoms with van der Waals surface area (Å²) < 4.78 is 1.11. The van der Waals surface area contributed by atoms with Crippen molar-refractivity contribution in [1.29, 1.82) is 0 Å². The zero-order chi connectivity index (χ0) is 13.0. The molecule has 2 aromatic rings. The van der Waals surface area contributed by atoms with Crippen LogP contribution in [0.1, 0.15) is 12.5 Å². The molecule has 0 saturated heterocycles. The lowest BCUT2D eigenvalue weighted by Gasteiger charge is -2.23. The van der Waals surface area contributed by atoms with Gasteiger partial charge in [-0.25, -0.2) is 0 Å². The fourth-order valence-corrected chi connectivity index (χ4v) is 2.18. The first kappa shape index (κ1) is 13.0. The number of rotatable bonds is 4. The van der Waals surface area contributed by atoms with Gasteiger partial charge in [0.1, 0.15) is 0 Å². The van der Waals surface area contributed by atoms with Crippen molar-refractivity contribution >= 4 is 27.3 Å². The molecule has 0 fully saturated rings. The molecule has 0 aliphatic rings. The monoisotopic (exact) mass is 304 g/mol. The Labute approximate surface area is 117 Å². The summed E-state index contributed by atoms with van der Waals surface area (Å²) in [5, 5.41) is 0. The molecular weight excluding hydrogens is 288 g/mol. The molecule has 0 saturated carbocycles. The van der Waals surface area contributed by atoms with Gasteiger partial charge in [0.25, 0.3) is 0 Å². The van der Waals surface area contributed by atoms with Gasteiger partial charge in [-0.2, -0.15) is 0 Å². The van der Waals surface area contributed by atoms with Crippen molar-refractivity contribution in [3.05, 3.63) is 58.6 Å². The molecule has 0 aromatic heterocycles. The van der Waals surface area contributed by atoms with Gasteiger partial charge in [-0.3, -0.25) is 0 Å². The van der Waals surface area contributed by atoms with Crippen LogP contribution in [0.15, 0.2) is 53.0 Å². The standard InChI is InChI=1S/C15H17BrN2/c1-2-18(15-5-3-4-14(17)10-15)11-12-6-8-13(16)9-7-12/h3-10H,2,11,17H2,1H3. The Morgan fingerprint density at radius 3 is 2.44 bits per heavy atom. The smallest absolute Gasteiger partial charge is 0.0429 e. The number of nitrogens with two attached hydrogens (primary N) is 1. The Hall–Kier alpha value is -1.48. The van der Waals surface area contributed by atoms with Crippen LogP contribution in [0, 0.1) is 0 Å². The molecule has 2 rings (SSSR count). The normalized spacial score (nSPS) is 10.3. The summed E-state index contributed by atoms with van der Waals surface area (Å²) in [7, 11) is 0. The van der Waals surface area contributed by atoms with Crippen molar-refractivity contribution in [2.75, 3.05) is 17.2 Å². The number of hydrogen-bond donors (Lipinski definition) is 1. The molecular formula is C15H17BrN2. The van der Waals surface area contributed by atoms with Crippen LogP contribution >= 0.6 is 15.9 Å². The van der Waals surface area contributed by atoms with Gasteiger partial charge < -0.3 is 10.6 Å². The zero-order valence-electron chi connectivity index (χ0n) is 10.4. The molecule has 18 heavy (non-hydrogen) atoms. The van der Waals surface area contributed by atoms with E-state index >= 15 is 0 Å². The van der Waals surface area contributed by atoms with Gasteiger partial charge >= 0.3 is 0 Å². The molecule has 2 N–H and O–H groups in total. The molecule has 2 nitrogen and oxygen atoms in total. The molecule has 3 heteroatoms. The predicted molar refractivity (Wildman–Crippen MR) is 81.7 cm³/mol. The van der Waals surface area contributed by atoms with Crippen LogP contribution in [0.4, 0.5) is 11.4 Å². The Kier molecular flexibility index (Phi) is 4.26. The maximum Gasteiger partial charge on any atom is 0.0429 e. The van der Waals surface area contributed by atoms with Gasteiger partial charge in [-0.05, 0) is 42.8 Å². The summed E-state index contributed by atoms with van der Waals surface area (Å²) in [5.41, 5.74) is 9.10. The SMILES string of the molecule is CCN(Cc1ccc(Br)cc1)c1cccc(N)c1. The molecule has 0 aliphatic heterocycles. The lowest BCUT2D eigenvalue weighted by atomic mass is 10.2. The Morgan fingerprint density at radius 1 is 1.11 bits per heavy atom. The summed E-state index contributed by atoms with van der Waals surface area (Å²) in [4.78, 5) is 2.31. The summed E-state index contributed by atoms with van der Waals surface area (Å²) >= 11 is 3.45.